The maximum atomic E-state index is 12.8. The molecule has 5 rings (SSSR count). The lowest BCUT2D eigenvalue weighted by Crippen LogP contribution is -2.23. The van der Waals surface area contributed by atoms with E-state index in [1.54, 1.807) is 12.2 Å². The minimum Gasteiger partial charge on any atom is -0.491 e. The molecule has 16 nitrogen and oxygen atoms in total. The van der Waals surface area contributed by atoms with Gasteiger partial charge in [0.15, 0.2) is 0 Å². The summed E-state index contributed by atoms with van der Waals surface area (Å²) in [7, 11) is 0. The van der Waals surface area contributed by atoms with Crippen molar-refractivity contribution >= 4 is 17.9 Å². The van der Waals surface area contributed by atoms with Gasteiger partial charge in [-0.1, -0.05) is 123 Å². The van der Waals surface area contributed by atoms with E-state index in [9.17, 15) is 73.5 Å². The van der Waals surface area contributed by atoms with Crippen molar-refractivity contribution in [3.05, 3.63) is 126 Å². The number of aryl methyl sites for hydroxylation is 1. The molecule has 15 atom stereocenters. The van der Waals surface area contributed by atoms with Crippen molar-refractivity contribution in [1.82, 2.24) is 0 Å². The number of carboxylic acids is 2. The highest BCUT2D eigenvalue weighted by molar-refractivity contribution is 5.69. The average Bonchev–Trinajstić information content (AvgIpc) is 4.28. The average molecular weight is 1250 g/mol. The van der Waals surface area contributed by atoms with Crippen LogP contribution in [0.15, 0.2) is 115 Å². The van der Waals surface area contributed by atoms with Gasteiger partial charge >= 0.3 is 24.1 Å². The highest BCUT2D eigenvalue weighted by Gasteiger charge is 2.42. The number of allylic oxidation sites excluding steroid dienone is 6. The Bertz CT molecular complexity index is 2390. The third kappa shape index (κ3) is 31.5. The summed E-state index contributed by atoms with van der Waals surface area (Å²) in [5.41, 5.74) is 0.375. The van der Waals surface area contributed by atoms with E-state index in [1.165, 1.54) is 23.8 Å². The van der Waals surface area contributed by atoms with Gasteiger partial charge in [0.25, 0.3) is 0 Å². The summed E-state index contributed by atoms with van der Waals surface area (Å²) in [6.45, 7) is 5.55. The Kier molecular flexibility index (Phi) is 37.4. The van der Waals surface area contributed by atoms with E-state index in [0.717, 1.165) is 57.1 Å². The van der Waals surface area contributed by atoms with Gasteiger partial charge in [-0.3, -0.25) is 14.4 Å². The van der Waals surface area contributed by atoms with E-state index in [1.807, 2.05) is 68.5 Å². The SMILES string of the molecule is CC(C)OC(=O)CCC/C=C\C[C@@H]1C(CC[C@@H](O)CCc2ccccc2)[C@H](O)C[C@@H]1O.CCCCC[C@H](O)/C=C/C1[C@H](O)C[C@H](O)[C@@H]1C/C=C\CCCC(=O)O.O=C(O)CCC/C=C\C[C@@H]1C(/C=C/[C@@H](O)COc2cccc(C(F)(F)F)c2)[C@H](O)C[C@@H]1O. The standard InChI is InChI=1S/C26H40O5.C23H29F3O6.C20H34O5/c1-19(2)31-26(30)13-9-4-3-8-12-22-23(25(29)18-24(22)28)17-16-21(27)15-14-20-10-6-5-7-11-20;24-23(25,26)15-6-5-7-17(12-15)32-14-16(27)10-11-19-18(20(28)13-21(19)29)8-3-1-2-4-9-22(30)31;1-2-3-6-9-15(21)12-13-17-16(18(22)14-19(17)23)10-7-4-5-8-11-20(24)25/h3,5-8,10-11,19,21-25,27-29H,4,9,12-18H2,1-2H3;1,3,5-7,10-12,16,18-21,27-29H,2,4,8-9,13-14H2,(H,30,31);4,7,12-13,15-19,21-23H,2-3,5-6,8-11,14H2,1H3,(H,24,25)/b8-3-;3-1-,11-10+;7-4-,13-12+/t21-,22+,23?,24-,25+;16-,18-,19?,20+,21-;15-,16+,17?,18-,19+/m010/s1. The first-order chi connectivity index (χ1) is 41.9. The maximum Gasteiger partial charge on any atom is 0.416 e. The quantitative estimate of drug-likeness (QED) is 0.0172. The van der Waals surface area contributed by atoms with Crippen molar-refractivity contribution in [2.45, 2.75) is 236 Å². The second kappa shape index (κ2) is 42.7. The van der Waals surface area contributed by atoms with Gasteiger partial charge in [-0.2, -0.15) is 13.2 Å². The van der Waals surface area contributed by atoms with E-state index in [-0.39, 0.29) is 73.3 Å². The molecular formula is C69H103F3O16. The van der Waals surface area contributed by atoms with Crippen LogP contribution in [-0.4, -0.2) is 142 Å². The number of benzene rings is 2. The van der Waals surface area contributed by atoms with Gasteiger partial charge in [-0.15, -0.1) is 0 Å². The number of esters is 1. The lowest BCUT2D eigenvalue weighted by Gasteiger charge is -2.23. The number of ether oxygens (including phenoxy) is 2. The molecule has 3 aliphatic carbocycles. The summed E-state index contributed by atoms with van der Waals surface area (Å²) in [5.74, 6) is -2.70. The van der Waals surface area contributed by atoms with Crippen LogP contribution in [0.2, 0.25) is 0 Å². The second-order valence-electron chi connectivity index (χ2n) is 24.0. The van der Waals surface area contributed by atoms with Crippen molar-refractivity contribution in [2.75, 3.05) is 6.61 Å². The summed E-state index contributed by atoms with van der Waals surface area (Å²) >= 11 is 0. The molecule has 0 spiro atoms. The number of alkyl halides is 3. The molecule has 3 saturated carbocycles. The van der Waals surface area contributed by atoms with Gasteiger partial charge in [0.05, 0.1) is 60.5 Å². The molecule has 2 aromatic carbocycles. The molecule has 0 radical (unpaired) electrons. The smallest absolute Gasteiger partial charge is 0.416 e. The van der Waals surface area contributed by atoms with Gasteiger partial charge in [-0.25, -0.2) is 0 Å². The normalized spacial score (nSPS) is 25.8. The molecule has 0 aromatic heterocycles. The van der Waals surface area contributed by atoms with Crippen molar-refractivity contribution in [3.8, 4) is 5.75 Å². The highest BCUT2D eigenvalue weighted by atomic mass is 19.4. The zero-order valence-electron chi connectivity index (χ0n) is 51.8. The molecule has 496 valence electrons. The van der Waals surface area contributed by atoms with E-state index < -0.39 is 84.5 Å². The van der Waals surface area contributed by atoms with Gasteiger partial charge in [-0.05, 0) is 158 Å². The predicted molar refractivity (Wildman–Crippen MR) is 332 cm³/mol. The Balaban J connectivity index is 0.000000348. The number of aliphatic hydroxyl groups is 9. The summed E-state index contributed by atoms with van der Waals surface area (Å²) in [5, 5.41) is 109. The fourth-order valence-corrected chi connectivity index (χ4v) is 11.6. The van der Waals surface area contributed by atoms with Crippen LogP contribution in [0.3, 0.4) is 0 Å². The number of carbonyl (C=O) groups excluding carboxylic acids is 1. The fourth-order valence-electron chi connectivity index (χ4n) is 11.6. The first-order valence-corrected chi connectivity index (χ1v) is 31.8. The van der Waals surface area contributed by atoms with Crippen LogP contribution in [0.4, 0.5) is 13.2 Å². The molecule has 3 unspecified atom stereocenters. The van der Waals surface area contributed by atoms with E-state index in [4.69, 9.17) is 19.7 Å². The zero-order chi connectivity index (χ0) is 65.0. The van der Waals surface area contributed by atoms with E-state index >= 15 is 0 Å². The predicted octanol–water partition coefficient (Wildman–Crippen LogP) is 10.8. The third-order valence-corrected chi connectivity index (χ3v) is 16.5. The molecule has 0 bridgehead atoms. The largest absolute Gasteiger partial charge is 0.491 e. The number of carboxylic acid groups (broad SMARTS) is 2. The van der Waals surface area contributed by atoms with Crippen LogP contribution in [0.1, 0.15) is 173 Å². The van der Waals surface area contributed by atoms with Gasteiger partial charge in [0.1, 0.15) is 18.5 Å². The lowest BCUT2D eigenvalue weighted by atomic mass is 9.85. The van der Waals surface area contributed by atoms with Gasteiger partial charge < -0.3 is 65.6 Å². The molecule has 0 aliphatic heterocycles. The number of aliphatic carboxylic acids is 2. The summed E-state index contributed by atoms with van der Waals surface area (Å²) < 4.78 is 48.6. The van der Waals surface area contributed by atoms with Gasteiger partial charge in [0.2, 0.25) is 0 Å². The summed E-state index contributed by atoms with van der Waals surface area (Å²) in [6.07, 6.45) is 22.4. The number of aliphatic hydroxyl groups excluding tert-OH is 9. The van der Waals surface area contributed by atoms with E-state index in [2.05, 4.69) is 25.1 Å². The number of hydrogen-bond donors (Lipinski definition) is 11. The minimum absolute atomic E-state index is 0.00652. The van der Waals surface area contributed by atoms with Crippen molar-refractivity contribution in [2.24, 2.45) is 35.5 Å². The highest BCUT2D eigenvalue weighted by Crippen LogP contribution is 2.40. The number of carbonyl (C=O) groups is 3. The molecule has 19 heteroatoms. The number of rotatable bonds is 36. The fraction of sp³-hybridized carbons (Fsp3) is 0.638. The van der Waals surface area contributed by atoms with Crippen LogP contribution >= 0.6 is 0 Å². The molecular weight excluding hydrogens is 1140 g/mol. The summed E-state index contributed by atoms with van der Waals surface area (Å²) in [4.78, 5) is 32.5. The molecule has 2 aromatic rings. The first-order valence-electron chi connectivity index (χ1n) is 31.8. The second-order valence-corrected chi connectivity index (χ2v) is 24.0. The lowest BCUT2D eigenvalue weighted by molar-refractivity contribution is -0.147. The Hall–Kier alpha value is -5.22. The number of unbranched alkanes of at least 4 members (excludes halogenated alkanes) is 5. The topological polar surface area (TPSA) is 292 Å². The molecule has 3 fully saturated rings. The number of halogens is 3. The molecule has 0 heterocycles. The van der Waals surface area contributed by atoms with E-state index in [0.29, 0.717) is 83.5 Å². The molecule has 0 amide bonds. The van der Waals surface area contributed by atoms with Crippen LogP contribution in [-0.2, 0) is 31.7 Å². The van der Waals surface area contributed by atoms with Crippen LogP contribution in [0, 0.1) is 35.5 Å². The van der Waals surface area contributed by atoms with Crippen molar-refractivity contribution < 1.29 is 93.2 Å². The molecule has 88 heavy (non-hydrogen) atoms. The van der Waals surface area contributed by atoms with Crippen molar-refractivity contribution in [1.29, 1.82) is 0 Å². The van der Waals surface area contributed by atoms with Crippen LogP contribution in [0.5, 0.6) is 5.75 Å². The summed E-state index contributed by atoms with van der Waals surface area (Å²) in [6, 6.07) is 14.5. The van der Waals surface area contributed by atoms with Gasteiger partial charge in [0, 0.05) is 43.9 Å². The Morgan fingerprint density at radius 2 is 1.08 bits per heavy atom. The van der Waals surface area contributed by atoms with Crippen LogP contribution < -0.4 is 4.74 Å². The zero-order valence-corrected chi connectivity index (χ0v) is 51.8. The Morgan fingerprint density at radius 1 is 0.580 bits per heavy atom. The van der Waals surface area contributed by atoms with Crippen LogP contribution in [0.25, 0.3) is 0 Å². The Labute approximate surface area is 519 Å². The Morgan fingerprint density at radius 3 is 1.60 bits per heavy atom. The third-order valence-electron chi connectivity index (χ3n) is 16.5. The monoisotopic (exact) mass is 1240 g/mol. The maximum absolute atomic E-state index is 12.8. The molecule has 0 saturated heterocycles. The van der Waals surface area contributed by atoms with Crippen molar-refractivity contribution in [3.63, 3.8) is 0 Å². The first kappa shape index (κ1) is 77.0. The minimum atomic E-state index is -4.49. The molecule has 11 N–H and O–H groups in total. The number of hydrogen-bond acceptors (Lipinski definition) is 14. The molecule has 3 aliphatic rings.